The van der Waals surface area contributed by atoms with Crippen molar-refractivity contribution in [3.8, 4) is 0 Å². The van der Waals surface area contributed by atoms with Crippen molar-refractivity contribution in [2.24, 2.45) is 5.92 Å². The van der Waals surface area contributed by atoms with Crippen molar-refractivity contribution in [1.82, 2.24) is 14.8 Å². The maximum absolute atomic E-state index is 12.5. The van der Waals surface area contributed by atoms with E-state index in [9.17, 15) is 4.79 Å². The molecule has 116 valence electrons. The number of carbonyl (C=O) groups is 1. The Bertz CT molecular complexity index is 467. The van der Waals surface area contributed by atoms with Gasteiger partial charge in [0.2, 0.25) is 0 Å². The number of piperidine rings is 1. The summed E-state index contributed by atoms with van der Waals surface area (Å²) in [5, 5.41) is 3.33. The average molecular weight is 290 g/mol. The van der Waals surface area contributed by atoms with Gasteiger partial charge in [0.15, 0.2) is 0 Å². The smallest absolute Gasteiger partial charge is 0.272 e. The van der Waals surface area contributed by atoms with Crippen molar-refractivity contribution in [3.05, 3.63) is 24.0 Å². The molecule has 0 atom stereocenters. The van der Waals surface area contributed by atoms with Crippen molar-refractivity contribution in [1.29, 1.82) is 0 Å². The number of pyridine rings is 1. The molecule has 0 aromatic carbocycles. The third-order valence-electron chi connectivity index (χ3n) is 3.94. The van der Waals surface area contributed by atoms with Gasteiger partial charge in [-0.15, -0.1) is 0 Å². The van der Waals surface area contributed by atoms with Crippen LogP contribution in [0.15, 0.2) is 18.3 Å². The summed E-state index contributed by atoms with van der Waals surface area (Å²) < 4.78 is 0. The number of nitrogens with one attached hydrogen (secondary N) is 1. The van der Waals surface area contributed by atoms with Crippen molar-refractivity contribution in [3.63, 3.8) is 0 Å². The fourth-order valence-electron chi connectivity index (χ4n) is 2.45. The lowest BCUT2D eigenvalue weighted by Crippen LogP contribution is -2.38. The lowest BCUT2D eigenvalue weighted by molar-refractivity contribution is 0.0691. The molecule has 0 bridgehead atoms. The summed E-state index contributed by atoms with van der Waals surface area (Å²) in [6, 6.07) is 3.76. The van der Waals surface area contributed by atoms with Gasteiger partial charge in [-0.05, 0) is 45.0 Å². The molecule has 1 amide bonds. The molecule has 1 fully saturated rings. The highest BCUT2D eigenvalue weighted by atomic mass is 16.2. The zero-order chi connectivity index (χ0) is 15.2. The highest BCUT2D eigenvalue weighted by Crippen LogP contribution is 2.18. The van der Waals surface area contributed by atoms with Gasteiger partial charge >= 0.3 is 0 Å². The number of nitrogens with zero attached hydrogens (tertiary/aromatic N) is 3. The first-order valence-electron chi connectivity index (χ1n) is 7.70. The number of rotatable bonds is 5. The van der Waals surface area contributed by atoms with Gasteiger partial charge < -0.3 is 15.1 Å². The first-order valence-corrected chi connectivity index (χ1v) is 7.70. The molecule has 2 heterocycles. The van der Waals surface area contributed by atoms with E-state index in [2.05, 4.69) is 22.1 Å². The molecule has 0 aliphatic carbocycles. The second kappa shape index (κ2) is 7.41. The van der Waals surface area contributed by atoms with Crippen LogP contribution in [0.2, 0.25) is 0 Å². The number of anilines is 1. The Balaban J connectivity index is 1.94. The quantitative estimate of drug-likeness (QED) is 0.900. The van der Waals surface area contributed by atoms with Gasteiger partial charge in [0.1, 0.15) is 5.69 Å². The van der Waals surface area contributed by atoms with E-state index in [4.69, 9.17) is 0 Å². The number of hydrogen-bond acceptors (Lipinski definition) is 4. The topological polar surface area (TPSA) is 48.5 Å². The minimum absolute atomic E-state index is 0.0539. The van der Waals surface area contributed by atoms with E-state index in [1.54, 1.807) is 6.20 Å². The number of likely N-dealkylation sites (N-methyl/N-ethyl adjacent to an activating group) is 1. The van der Waals surface area contributed by atoms with Crippen LogP contribution in [0, 0.1) is 5.92 Å². The maximum Gasteiger partial charge on any atom is 0.272 e. The van der Waals surface area contributed by atoms with Crippen LogP contribution < -0.4 is 5.32 Å². The second-order valence-corrected chi connectivity index (χ2v) is 6.13. The van der Waals surface area contributed by atoms with Crippen molar-refractivity contribution in [2.45, 2.75) is 19.8 Å². The molecular formula is C16H26N4O. The minimum atomic E-state index is 0.0539. The van der Waals surface area contributed by atoms with Gasteiger partial charge in [-0.2, -0.15) is 0 Å². The molecule has 0 unspecified atom stereocenters. The molecule has 1 aliphatic heterocycles. The molecule has 1 aromatic heterocycles. The molecule has 0 radical (unpaired) electrons. The SMILES string of the molecule is CC1CCN(C(=O)c2cc(NCCN(C)C)ccn2)CC1. The number of aromatic nitrogens is 1. The molecule has 0 saturated carbocycles. The Hall–Kier alpha value is -1.62. The van der Waals surface area contributed by atoms with E-state index in [1.807, 2.05) is 31.1 Å². The van der Waals surface area contributed by atoms with Crippen LogP contribution in [0.4, 0.5) is 5.69 Å². The monoisotopic (exact) mass is 290 g/mol. The Kier molecular flexibility index (Phi) is 5.56. The summed E-state index contributed by atoms with van der Waals surface area (Å²) in [6.07, 6.45) is 3.89. The lowest BCUT2D eigenvalue weighted by Gasteiger charge is -2.30. The zero-order valence-corrected chi connectivity index (χ0v) is 13.3. The van der Waals surface area contributed by atoms with Crippen LogP contribution in [0.3, 0.4) is 0 Å². The summed E-state index contributed by atoms with van der Waals surface area (Å²) in [6.45, 7) is 5.75. The van der Waals surface area contributed by atoms with E-state index in [0.29, 0.717) is 5.69 Å². The van der Waals surface area contributed by atoms with E-state index in [-0.39, 0.29) is 5.91 Å². The molecule has 5 heteroatoms. The lowest BCUT2D eigenvalue weighted by atomic mass is 9.99. The number of hydrogen-bond donors (Lipinski definition) is 1. The molecule has 2 rings (SSSR count). The minimum Gasteiger partial charge on any atom is -0.384 e. The Morgan fingerprint density at radius 3 is 2.81 bits per heavy atom. The van der Waals surface area contributed by atoms with Gasteiger partial charge in [-0.3, -0.25) is 9.78 Å². The third kappa shape index (κ3) is 4.70. The Labute approximate surface area is 127 Å². The molecule has 1 aromatic rings. The van der Waals surface area contributed by atoms with Crippen LogP contribution in [-0.2, 0) is 0 Å². The average Bonchev–Trinajstić information content (AvgIpc) is 2.47. The molecule has 1 saturated heterocycles. The van der Waals surface area contributed by atoms with E-state index >= 15 is 0 Å². The van der Waals surface area contributed by atoms with E-state index in [1.165, 1.54) is 0 Å². The highest BCUT2D eigenvalue weighted by Gasteiger charge is 2.22. The second-order valence-electron chi connectivity index (χ2n) is 6.13. The summed E-state index contributed by atoms with van der Waals surface area (Å²) in [7, 11) is 4.08. The summed E-state index contributed by atoms with van der Waals surface area (Å²) >= 11 is 0. The van der Waals surface area contributed by atoms with Crippen molar-refractivity contribution < 1.29 is 4.79 Å². The Morgan fingerprint density at radius 1 is 1.43 bits per heavy atom. The van der Waals surface area contributed by atoms with Gasteiger partial charge in [0, 0.05) is 38.1 Å². The van der Waals surface area contributed by atoms with Crippen LogP contribution in [-0.4, -0.2) is 61.0 Å². The highest BCUT2D eigenvalue weighted by molar-refractivity contribution is 5.93. The first-order chi connectivity index (χ1) is 10.1. The zero-order valence-electron chi connectivity index (χ0n) is 13.3. The van der Waals surface area contributed by atoms with Crippen LogP contribution >= 0.6 is 0 Å². The molecule has 5 nitrogen and oxygen atoms in total. The van der Waals surface area contributed by atoms with Gasteiger partial charge in [-0.25, -0.2) is 0 Å². The van der Waals surface area contributed by atoms with Gasteiger partial charge in [0.25, 0.3) is 5.91 Å². The normalized spacial score (nSPS) is 16.3. The largest absolute Gasteiger partial charge is 0.384 e. The number of likely N-dealkylation sites (tertiary alicyclic amines) is 1. The fourth-order valence-corrected chi connectivity index (χ4v) is 2.45. The molecular weight excluding hydrogens is 264 g/mol. The molecule has 0 spiro atoms. The van der Waals surface area contributed by atoms with Crippen LogP contribution in [0.1, 0.15) is 30.3 Å². The van der Waals surface area contributed by atoms with Crippen molar-refractivity contribution >= 4 is 11.6 Å². The summed E-state index contributed by atoms with van der Waals surface area (Å²) in [5.74, 6) is 0.777. The third-order valence-corrected chi connectivity index (χ3v) is 3.94. The predicted molar refractivity (Wildman–Crippen MR) is 85.6 cm³/mol. The number of amides is 1. The van der Waals surface area contributed by atoms with Gasteiger partial charge in [-0.1, -0.05) is 6.92 Å². The maximum atomic E-state index is 12.5. The van der Waals surface area contributed by atoms with Crippen LogP contribution in [0.25, 0.3) is 0 Å². The van der Waals surface area contributed by atoms with Gasteiger partial charge in [0.05, 0.1) is 0 Å². The molecule has 1 N–H and O–H groups in total. The Morgan fingerprint density at radius 2 is 2.14 bits per heavy atom. The fraction of sp³-hybridized carbons (Fsp3) is 0.625. The van der Waals surface area contributed by atoms with Crippen LogP contribution in [0.5, 0.6) is 0 Å². The predicted octanol–water partition coefficient (Wildman–Crippen LogP) is 1.93. The summed E-state index contributed by atoms with van der Waals surface area (Å²) in [4.78, 5) is 20.7. The first kappa shape index (κ1) is 15.8. The van der Waals surface area contributed by atoms with E-state index in [0.717, 1.165) is 50.6 Å². The summed E-state index contributed by atoms with van der Waals surface area (Å²) in [5.41, 5.74) is 1.50. The van der Waals surface area contributed by atoms with Crippen molar-refractivity contribution in [2.75, 3.05) is 45.6 Å². The molecule has 1 aliphatic rings. The standard InChI is InChI=1S/C16H26N4O/c1-13-5-9-20(10-6-13)16(21)15-12-14(4-7-18-15)17-8-11-19(2)3/h4,7,12-13H,5-6,8-11H2,1-3H3,(H,17,18). The molecule has 21 heavy (non-hydrogen) atoms. The van der Waals surface area contributed by atoms with E-state index < -0.39 is 0 Å². The number of carbonyl (C=O) groups excluding carboxylic acids is 1.